The van der Waals surface area contributed by atoms with Crippen LogP contribution in [0.5, 0.6) is 0 Å². The predicted molar refractivity (Wildman–Crippen MR) is 78.5 cm³/mol. The van der Waals surface area contributed by atoms with E-state index in [2.05, 4.69) is 28.4 Å². The summed E-state index contributed by atoms with van der Waals surface area (Å²) in [5, 5.41) is 8.04. The van der Waals surface area contributed by atoms with Crippen LogP contribution in [0.15, 0.2) is 18.2 Å². The lowest BCUT2D eigenvalue weighted by Gasteiger charge is -2.09. The first-order valence-corrected chi connectivity index (χ1v) is 6.61. The molecule has 2 aromatic heterocycles. The molecule has 0 aliphatic heterocycles. The first kappa shape index (κ1) is 13.7. The summed E-state index contributed by atoms with van der Waals surface area (Å²) in [6.45, 7) is 5.70. The van der Waals surface area contributed by atoms with Crippen molar-refractivity contribution in [2.24, 2.45) is 0 Å². The summed E-state index contributed by atoms with van der Waals surface area (Å²) >= 11 is 5.83. The predicted octanol–water partition coefficient (Wildman–Crippen LogP) is 2.63. The van der Waals surface area contributed by atoms with Gasteiger partial charge in [0.1, 0.15) is 5.15 Å². The second-order valence-electron chi connectivity index (χ2n) is 4.50. The summed E-state index contributed by atoms with van der Waals surface area (Å²) in [6.07, 6.45) is 0.940. The van der Waals surface area contributed by atoms with Gasteiger partial charge in [-0.1, -0.05) is 11.6 Å². The average molecular weight is 280 g/mol. The van der Waals surface area contributed by atoms with Crippen LogP contribution in [0.4, 0.5) is 11.5 Å². The average Bonchev–Trinajstić information content (AvgIpc) is 2.67. The van der Waals surface area contributed by atoms with Crippen molar-refractivity contribution in [1.82, 2.24) is 14.8 Å². The van der Waals surface area contributed by atoms with Crippen molar-refractivity contribution in [2.75, 3.05) is 17.6 Å². The number of halogens is 1. The van der Waals surface area contributed by atoms with Gasteiger partial charge < -0.3 is 11.1 Å². The SMILES string of the molecule is Cc1cc(C)n(CCCNc2nc(Cl)ccc2N)n1. The van der Waals surface area contributed by atoms with Crippen LogP contribution in [0, 0.1) is 13.8 Å². The van der Waals surface area contributed by atoms with E-state index in [9.17, 15) is 0 Å². The maximum Gasteiger partial charge on any atom is 0.150 e. The lowest BCUT2D eigenvalue weighted by atomic mass is 10.3. The molecule has 5 nitrogen and oxygen atoms in total. The van der Waals surface area contributed by atoms with Crippen LogP contribution in [0.25, 0.3) is 0 Å². The topological polar surface area (TPSA) is 68.8 Å². The molecule has 0 aliphatic carbocycles. The Morgan fingerprint density at radius 2 is 2.16 bits per heavy atom. The van der Waals surface area contributed by atoms with E-state index in [1.165, 1.54) is 5.69 Å². The molecule has 0 saturated heterocycles. The molecular weight excluding hydrogens is 262 g/mol. The monoisotopic (exact) mass is 279 g/mol. The third-order valence-electron chi connectivity index (χ3n) is 2.83. The summed E-state index contributed by atoms with van der Waals surface area (Å²) in [6, 6.07) is 5.50. The molecule has 0 spiro atoms. The molecule has 2 heterocycles. The minimum absolute atomic E-state index is 0.440. The molecule has 0 atom stereocenters. The third-order valence-corrected chi connectivity index (χ3v) is 3.05. The normalized spacial score (nSPS) is 10.7. The van der Waals surface area contributed by atoms with Gasteiger partial charge in [0, 0.05) is 18.8 Å². The molecule has 0 amide bonds. The highest BCUT2D eigenvalue weighted by Gasteiger charge is 2.03. The van der Waals surface area contributed by atoms with Crippen LogP contribution < -0.4 is 11.1 Å². The lowest BCUT2D eigenvalue weighted by Crippen LogP contribution is -2.10. The smallest absolute Gasteiger partial charge is 0.150 e. The minimum Gasteiger partial charge on any atom is -0.396 e. The molecule has 0 saturated carbocycles. The number of pyridine rings is 1. The van der Waals surface area contributed by atoms with Gasteiger partial charge >= 0.3 is 0 Å². The Kier molecular flexibility index (Phi) is 4.27. The Morgan fingerprint density at radius 1 is 1.37 bits per heavy atom. The summed E-state index contributed by atoms with van der Waals surface area (Å²) in [4.78, 5) is 4.15. The second kappa shape index (κ2) is 5.93. The maximum absolute atomic E-state index is 5.83. The maximum atomic E-state index is 5.83. The summed E-state index contributed by atoms with van der Waals surface area (Å²) in [7, 11) is 0. The van der Waals surface area contributed by atoms with Crippen LogP contribution in [0.2, 0.25) is 5.15 Å². The van der Waals surface area contributed by atoms with Crippen molar-refractivity contribution in [3.05, 3.63) is 34.7 Å². The molecule has 0 radical (unpaired) electrons. The molecule has 102 valence electrons. The molecule has 2 aromatic rings. The Bertz CT molecular complexity index is 564. The fourth-order valence-electron chi connectivity index (χ4n) is 1.92. The number of hydrogen-bond acceptors (Lipinski definition) is 4. The van der Waals surface area contributed by atoms with Gasteiger partial charge in [0.15, 0.2) is 5.82 Å². The van der Waals surface area contributed by atoms with Gasteiger partial charge in [-0.2, -0.15) is 5.10 Å². The molecular formula is C13H18ClN5. The fraction of sp³-hybridized carbons (Fsp3) is 0.385. The summed E-state index contributed by atoms with van der Waals surface area (Å²) in [5.41, 5.74) is 8.64. The number of rotatable bonds is 5. The molecule has 0 aliphatic rings. The molecule has 2 rings (SSSR count). The molecule has 0 fully saturated rings. The first-order valence-electron chi connectivity index (χ1n) is 6.23. The second-order valence-corrected chi connectivity index (χ2v) is 4.89. The Balaban J connectivity index is 1.84. The van der Waals surface area contributed by atoms with Gasteiger partial charge in [-0.05, 0) is 38.5 Å². The Hall–Kier alpha value is -1.75. The van der Waals surface area contributed by atoms with E-state index in [1.807, 2.05) is 11.6 Å². The number of nitrogens with two attached hydrogens (primary N) is 1. The number of aromatic nitrogens is 3. The molecule has 3 N–H and O–H groups in total. The molecule has 0 aromatic carbocycles. The van der Waals surface area contributed by atoms with Crippen molar-refractivity contribution in [3.8, 4) is 0 Å². The van der Waals surface area contributed by atoms with Crippen molar-refractivity contribution in [2.45, 2.75) is 26.8 Å². The standard InChI is InChI=1S/C13H18ClN5/c1-9-8-10(2)19(18-9)7-3-6-16-13-11(15)4-5-12(14)17-13/h4-5,8H,3,6-7,15H2,1-2H3,(H,16,17). The quantitative estimate of drug-likeness (QED) is 0.652. The molecule has 0 unspecified atom stereocenters. The number of nitrogens with zero attached hydrogens (tertiary/aromatic N) is 3. The summed E-state index contributed by atoms with van der Waals surface area (Å²) < 4.78 is 2.01. The first-order chi connectivity index (χ1) is 9.06. The van der Waals surface area contributed by atoms with E-state index in [1.54, 1.807) is 12.1 Å². The lowest BCUT2D eigenvalue weighted by molar-refractivity contribution is 0.573. The van der Waals surface area contributed by atoms with Gasteiger partial charge in [0.25, 0.3) is 0 Å². The van der Waals surface area contributed by atoms with Crippen molar-refractivity contribution >= 4 is 23.1 Å². The van der Waals surface area contributed by atoms with E-state index < -0.39 is 0 Å². The number of anilines is 2. The Labute approximate surface area is 117 Å². The number of aryl methyl sites for hydroxylation is 3. The molecule has 6 heteroatoms. The molecule has 0 bridgehead atoms. The number of hydrogen-bond donors (Lipinski definition) is 2. The van der Waals surface area contributed by atoms with Crippen LogP contribution in [0.3, 0.4) is 0 Å². The fourth-order valence-corrected chi connectivity index (χ4v) is 2.07. The van der Waals surface area contributed by atoms with Gasteiger partial charge in [-0.3, -0.25) is 4.68 Å². The van der Waals surface area contributed by atoms with Crippen molar-refractivity contribution in [3.63, 3.8) is 0 Å². The zero-order valence-corrected chi connectivity index (χ0v) is 11.9. The number of nitrogens with one attached hydrogen (secondary N) is 1. The van der Waals surface area contributed by atoms with Gasteiger partial charge in [0.05, 0.1) is 11.4 Å². The molecule has 19 heavy (non-hydrogen) atoms. The van der Waals surface area contributed by atoms with E-state index in [4.69, 9.17) is 17.3 Å². The largest absolute Gasteiger partial charge is 0.396 e. The van der Waals surface area contributed by atoms with Crippen LogP contribution >= 0.6 is 11.6 Å². The van der Waals surface area contributed by atoms with Crippen LogP contribution in [-0.2, 0) is 6.54 Å². The third kappa shape index (κ3) is 3.61. The van der Waals surface area contributed by atoms with Gasteiger partial charge in [0.2, 0.25) is 0 Å². The highest BCUT2D eigenvalue weighted by Crippen LogP contribution is 2.18. The van der Waals surface area contributed by atoms with Gasteiger partial charge in [-0.25, -0.2) is 4.98 Å². The summed E-state index contributed by atoms with van der Waals surface area (Å²) in [5.74, 6) is 0.640. The van der Waals surface area contributed by atoms with Crippen molar-refractivity contribution < 1.29 is 0 Å². The van der Waals surface area contributed by atoms with E-state index in [0.717, 1.165) is 25.2 Å². The van der Waals surface area contributed by atoms with Crippen molar-refractivity contribution in [1.29, 1.82) is 0 Å². The van der Waals surface area contributed by atoms with Crippen LogP contribution in [0.1, 0.15) is 17.8 Å². The van der Waals surface area contributed by atoms with E-state index in [-0.39, 0.29) is 0 Å². The highest BCUT2D eigenvalue weighted by atomic mass is 35.5. The highest BCUT2D eigenvalue weighted by molar-refractivity contribution is 6.29. The van der Waals surface area contributed by atoms with Gasteiger partial charge in [-0.15, -0.1) is 0 Å². The number of nitrogen functional groups attached to an aromatic ring is 1. The zero-order valence-electron chi connectivity index (χ0n) is 11.2. The minimum atomic E-state index is 0.440. The zero-order chi connectivity index (χ0) is 13.8. The van der Waals surface area contributed by atoms with E-state index in [0.29, 0.717) is 16.7 Å². The van der Waals surface area contributed by atoms with E-state index >= 15 is 0 Å². The van der Waals surface area contributed by atoms with Crippen LogP contribution in [-0.4, -0.2) is 21.3 Å². The Morgan fingerprint density at radius 3 is 2.84 bits per heavy atom.